The Balaban J connectivity index is 2.02. The molecule has 194 valence electrons. The van der Waals surface area contributed by atoms with Crippen molar-refractivity contribution >= 4 is 40.7 Å². The van der Waals surface area contributed by atoms with Gasteiger partial charge in [0.2, 0.25) is 0 Å². The van der Waals surface area contributed by atoms with Gasteiger partial charge in [-0.3, -0.25) is 14.2 Å². The second-order valence-corrected chi connectivity index (χ2v) is 9.14. The molecule has 3 aromatic rings. The second-order valence-electron chi connectivity index (χ2n) is 8.11. The molecule has 0 saturated heterocycles. The average Bonchev–Trinajstić information content (AvgIpc) is 3.26. The summed E-state index contributed by atoms with van der Waals surface area (Å²) in [5, 5.41) is 13.1. The van der Waals surface area contributed by atoms with E-state index in [9.17, 15) is 19.6 Å². The van der Waals surface area contributed by atoms with E-state index in [1.807, 2.05) is 30.3 Å². The van der Waals surface area contributed by atoms with Crippen molar-refractivity contribution in [3.8, 4) is 17.6 Å². The minimum absolute atomic E-state index is 0.00259. The van der Waals surface area contributed by atoms with Crippen LogP contribution in [0.2, 0.25) is 0 Å². The number of allylic oxidation sites excluding steroid dienone is 1. The number of carbonyl (C=O) groups is 2. The number of nitrogens with one attached hydrogen (secondary N) is 1. The zero-order chi connectivity index (χ0) is 27.4. The molecule has 0 fully saturated rings. The third-order valence-electron chi connectivity index (χ3n) is 6.01. The molecule has 4 rings (SSSR count). The second kappa shape index (κ2) is 11.1. The molecule has 0 bridgehead atoms. The summed E-state index contributed by atoms with van der Waals surface area (Å²) >= 11 is 0.907. The number of nitriles is 1. The Kier molecular flexibility index (Phi) is 7.64. The molecule has 38 heavy (non-hydrogen) atoms. The number of aromatic nitrogens is 1. The Labute approximate surface area is 221 Å². The molecule has 1 unspecified atom stereocenters. The van der Waals surface area contributed by atoms with E-state index in [-0.39, 0.29) is 32.7 Å². The summed E-state index contributed by atoms with van der Waals surface area (Å²) in [5.74, 6) is -1.51. The van der Waals surface area contributed by atoms with Crippen molar-refractivity contribution in [2.75, 3.05) is 21.3 Å². The number of nitrogens with zero attached hydrogens (tertiary/aromatic N) is 2. The molecule has 1 amide bonds. The molecule has 2 heterocycles. The van der Waals surface area contributed by atoms with Crippen LogP contribution < -0.4 is 35.3 Å². The number of carbonyl (C=O) groups excluding carboxylic acids is 2. The molecule has 1 aromatic heterocycles. The van der Waals surface area contributed by atoms with Gasteiger partial charge in [0.05, 0.1) is 44.5 Å². The Morgan fingerprint density at radius 1 is 1.16 bits per heavy atom. The third-order valence-corrected chi connectivity index (χ3v) is 7.12. The van der Waals surface area contributed by atoms with Crippen LogP contribution in [0.3, 0.4) is 0 Å². The lowest BCUT2D eigenvalue weighted by atomic mass is 9.82. The topological polar surface area (TPSA) is 146 Å². The number of amides is 1. The molecule has 1 aliphatic heterocycles. The van der Waals surface area contributed by atoms with Gasteiger partial charge >= 0.3 is 5.97 Å². The zero-order valence-corrected chi connectivity index (χ0v) is 21.6. The van der Waals surface area contributed by atoms with Crippen molar-refractivity contribution in [3.63, 3.8) is 0 Å². The predicted octanol–water partition coefficient (Wildman–Crippen LogP) is 0.796. The number of esters is 1. The lowest BCUT2D eigenvalue weighted by Gasteiger charge is -2.26. The monoisotopic (exact) mass is 532 g/mol. The predicted molar refractivity (Wildman–Crippen MR) is 141 cm³/mol. The van der Waals surface area contributed by atoms with Gasteiger partial charge in [-0.25, -0.2) is 4.79 Å². The molecular weight excluding hydrogens is 508 g/mol. The smallest absolute Gasteiger partial charge is 0.332 e. The van der Waals surface area contributed by atoms with E-state index in [1.165, 1.54) is 21.3 Å². The highest BCUT2D eigenvalue weighted by Gasteiger charge is 2.37. The van der Waals surface area contributed by atoms with E-state index in [0.717, 1.165) is 27.5 Å². The number of benzene rings is 2. The number of hydrogen-bond donors (Lipinski definition) is 2. The quantitative estimate of drug-likeness (QED) is 0.425. The number of fused-ring (bicyclic) bond motifs is 1. The first-order valence-corrected chi connectivity index (χ1v) is 12.2. The largest absolute Gasteiger partial charge is 0.497 e. The molecule has 0 aliphatic carbocycles. The number of ether oxygens (including phenoxy) is 3. The lowest BCUT2D eigenvalue weighted by Crippen LogP contribution is -2.42. The first-order valence-electron chi connectivity index (χ1n) is 11.3. The number of nitrogens with two attached hydrogens (primary N) is 1. The van der Waals surface area contributed by atoms with Crippen LogP contribution in [0.5, 0.6) is 11.5 Å². The standard InChI is InChI=1S/C27H24N4O6S/c1-35-16-9-10-17(19(11-16)36-2)22-18(13-28)24(29)31-26(34)20(12-21(32)37-3)38-27(31)23(22)25(33)30-14-15-7-5-4-6-8-15/h4-12,22H,14,29H2,1-3H3,(H,30,33)/b20-12-. The maximum absolute atomic E-state index is 13.8. The zero-order valence-electron chi connectivity index (χ0n) is 20.8. The first-order chi connectivity index (χ1) is 18.3. The molecule has 11 heteroatoms. The molecule has 3 N–H and O–H groups in total. The highest BCUT2D eigenvalue weighted by atomic mass is 32.1. The van der Waals surface area contributed by atoms with E-state index in [1.54, 1.807) is 18.2 Å². The fourth-order valence-corrected chi connectivity index (χ4v) is 5.31. The SMILES string of the molecule is COC(=O)/C=c1\sc2n(c1=O)C(N)=C(C#N)C(c1ccc(OC)cc1OC)C=2C(=O)NCc1ccccc1. The molecule has 1 atom stereocenters. The van der Waals surface area contributed by atoms with Crippen LogP contribution in [0, 0.1) is 11.3 Å². The molecular formula is C27H24N4O6S. The van der Waals surface area contributed by atoms with E-state index < -0.39 is 23.4 Å². The summed E-state index contributed by atoms with van der Waals surface area (Å²) in [6.45, 7) is 0.202. The first kappa shape index (κ1) is 26.2. The summed E-state index contributed by atoms with van der Waals surface area (Å²) in [7, 11) is 4.15. The minimum atomic E-state index is -0.972. The van der Waals surface area contributed by atoms with Gasteiger partial charge in [0.25, 0.3) is 11.5 Å². The highest BCUT2D eigenvalue weighted by molar-refractivity contribution is 7.07. The van der Waals surface area contributed by atoms with Crippen molar-refractivity contribution in [1.29, 1.82) is 5.26 Å². The minimum Gasteiger partial charge on any atom is -0.497 e. The summed E-state index contributed by atoms with van der Waals surface area (Å²) in [6, 6.07) is 16.4. The Morgan fingerprint density at radius 2 is 1.89 bits per heavy atom. The van der Waals surface area contributed by atoms with Gasteiger partial charge in [0, 0.05) is 24.3 Å². The van der Waals surface area contributed by atoms with Crippen LogP contribution in [0.25, 0.3) is 17.5 Å². The van der Waals surface area contributed by atoms with Crippen LogP contribution in [0.4, 0.5) is 0 Å². The van der Waals surface area contributed by atoms with Crippen LogP contribution in [0.1, 0.15) is 17.0 Å². The average molecular weight is 533 g/mol. The number of methoxy groups -OCH3 is 3. The maximum atomic E-state index is 13.8. The van der Waals surface area contributed by atoms with E-state index in [0.29, 0.717) is 17.1 Å². The van der Waals surface area contributed by atoms with Crippen LogP contribution in [-0.2, 0) is 20.9 Å². The molecule has 0 saturated carbocycles. The van der Waals surface area contributed by atoms with Gasteiger partial charge < -0.3 is 25.3 Å². The van der Waals surface area contributed by atoms with E-state index in [4.69, 9.17) is 15.2 Å². The number of thiazole rings is 1. The Morgan fingerprint density at radius 3 is 2.53 bits per heavy atom. The van der Waals surface area contributed by atoms with E-state index >= 15 is 0 Å². The van der Waals surface area contributed by atoms with Gasteiger partial charge in [-0.15, -0.1) is 11.3 Å². The fraction of sp³-hybridized carbons (Fsp3) is 0.185. The van der Waals surface area contributed by atoms with Crippen molar-refractivity contribution in [2.24, 2.45) is 5.73 Å². The van der Waals surface area contributed by atoms with Gasteiger partial charge in [-0.1, -0.05) is 36.4 Å². The summed E-state index contributed by atoms with van der Waals surface area (Å²) in [4.78, 5) is 39.0. The van der Waals surface area contributed by atoms with Crippen molar-refractivity contribution in [3.05, 3.63) is 84.8 Å². The summed E-state index contributed by atoms with van der Waals surface area (Å²) < 4.78 is 16.8. The van der Waals surface area contributed by atoms with Gasteiger partial charge in [-0.05, 0) is 11.6 Å². The molecule has 0 spiro atoms. The molecule has 10 nitrogen and oxygen atoms in total. The molecule has 1 aliphatic rings. The van der Waals surface area contributed by atoms with Crippen molar-refractivity contribution in [2.45, 2.75) is 12.5 Å². The van der Waals surface area contributed by atoms with Gasteiger partial charge in [-0.2, -0.15) is 5.26 Å². The van der Waals surface area contributed by atoms with E-state index in [2.05, 4.69) is 16.1 Å². The van der Waals surface area contributed by atoms with Gasteiger partial charge in [0.15, 0.2) is 0 Å². The maximum Gasteiger partial charge on any atom is 0.332 e. The van der Waals surface area contributed by atoms with Crippen molar-refractivity contribution in [1.82, 2.24) is 9.88 Å². The number of hydrogen-bond acceptors (Lipinski definition) is 9. The van der Waals surface area contributed by atoms with Gasteiger partial charge in [0.1, 0.15) is 26.5 Å². The number of rotatable bonds is 7. The lowest BCUT2D eigenvalue weighted by molar-refractivity contribution is -0.133. The highest BCUT2D eigenvalue weighted by Crippen LogP contribution is 2.41. The van der Waals surface area contributed by atoms with Crippen molar-refractivity contribution < 1.29 is 23.8 Å². The third kappa shape index (κ3) is 4.77. The Hall–Kier alpha value is -4.82. The molecule has 2 aromatic carbocycles. The van der Waals surface area contributed by atoms with Crippen LogP contribution in [-0.4, -0.2) is 37.8 Å². The molecule has 0 radical (unpaired) electrons. The van der Waals surface area contributed by atoms with Crippen LogP contribution >= 0.6 is 11.3 Å². The van der Waals surface area contributed by atoms with Crippen LogP contribution in [0.15, 0.2) is 58.9 Å². The fourth-order valence-electron chi connectivity index (χ4n) is 4.17. The Bertz CT molecular complexity index is 1660. The summed E-state index contributed by atoms with van der Waals surface area (Å²) in [6.07, 6.45) is 1.03. The normalized spacial score (nSPS) is 14.9. The summed E-state index contributed by atoms with van der Waals surface area (Å²) in [5.41, 5.74) is 7.15.